The van der Waals surface area contributed by atoms with Crippen molar-refractivity contribution >= 4 is 50.5 Å². The Labute approximate surface area is 218 Å². The van der Waals surface area contributed by atoms with Crippen LogP contribution in [0.25, 0.3) is 5.57 Å². The number of anilines is 1. The lowest BCUT2D eigenvalue weighted by Crippen LogP contribution is -2.51. The quantitative estimate of drug-likeness (QED) is 0.315. The number of benzene rings is 2. The average molecular weight is 556 g/mol. The second-order valence-corrected chi connectivity index (χ2v) is 16.2. The monoisotopic (exact) mass is 555 g/mol. The molecule has 1 unspecified atom stereocenters. The van der Waals surface area contributed by atoms with Crippen LogP contribution >= 0.6 is 0 Å². The fourth-order valence-electron chi connectivity index (χ4n) is 4.79. The standard InChI is InChI=1S/C26H28N2O6S2Si/c1-7-37(6)24-14-17(27(2)3)8-11-21(24)26(22-12-9-18(28(4)5)15-25(22)37)20-13-10-19(35(29,30)31)16-23(20)36(32,33)34/h7-16H,1H2,2-6H3,(H-,29,30,31,32,33,34)/p-1. The summed E-state index contributed by atoms with van der Waals surface area (Å²) < 4.78 is 74.1. The molecule has 0 bridgehead atoms. The molecule has 37 heavy (non-hydrogen) atoms. The molecule has 1 aliphatic carbocycles. The lowest BCUT2D eigenvalue weighted by atomic mass is 9.89. The smallest absolute Gasteiger partial charge is 0.199 e. The van der Waals surface area contributed by atoms with Crippen LogP contribution in [0.4, 0.5) is 5.69 Å². The van der Waals surface area contributed by atoms with Gasteiger partial charge < -0.3 is 14.0 Å². The van der Waals surface area contributed by atoms with E-state index in [1.807, 2.05) is 67.7 Å². The molecule has 2 aromatic rings. The van der Waals surface area contributed by atoms with Crippen LogP contribution in [-0.2, 0) is 20.2 Å². The second kappa shape index (κ2) is 9.03. The van der Waals surface area contributed by atoms with Crippen molar-refractivity contribution in [1.82, 2.24) is 0 Å². The lowest BCUT2D eigenvalue weighted by Gasteiger charge is -2.39. The molecule has 0 amide bonds. The Balaban J connectivity index is 2.21. The van der Waals surface area contributed by atoms with Gasteiger partial charge in [-0.05, 0) is 57.4 Å². The van der Waals surface area contributed by atoms with Crippen LogP contribution in [0.15, 0.2) is 87.5 Å². The molecule has 0 N–H and O–H groups in total. The Morgan fingerprint density at radius 1 is 0.946 bits per heavy atom. The maximum absolute atomic E-state index is 12.4. The molecule has 1 aliphatic heterocycles. The minimum atomic E-state index is -5.15. The van der Waals surface area contributed by atoms with Crippen LogP contribution in [0, 0.1) is 0 Å². The first kappa shape index (κ1) is 27.0. The predicted molar refractivity (Wildman–Crippen MR) is 145 cm³/mol. The summed E-state index contributed by atoms with van der Waals surface area (Å²) in [6, 6.07) is 8.77. The zero-order valence-electron chi connectivity index (χ0n) is 21.1. The molecule has 8 nitrogen and oxygen atoms in total. The molecular weight excluding hydrogens is 529 g/mol. The lowest BCUT2D eigenvalue weighted by molar-refractivity contribution is -0.462. The van der Waals surface area contributed by atoms with Crippen molar-refractivity contribution in [3.05, 3.63) is 88.8 Å². The van der Waals surface area contributed by atoms with Gasteiger partial charge in [0.1, 0.15) is 42.4 Å². The summed E-state index contributed by atoms with van der Waals surface area (Å²) >= 11 is 0. The summed E-state index contributed by atoms with van der Waals surface area (Å²) in [7, 11) is -5.02. The van der Waals surface area contributed by atoms with E-state index in [0.29, 0.717) is 11.6 Å². The molecule has 0 radical (unpaired) electrons. The van der Waals surface area contributed by atoms with Gasteiger partial charge in [-0.2, -0.15) is 0 Å². The average Bonchev–Trinajstić information content (AvgIpc) is 2.82. The molecule has 0 saturated carbocycles. The van der Waals surface area contributed by atoms with Gasteiger partial charge in [-0.3, -0.25) is 0 Å². The Kier molecular flexibility index (Phi) is 6.58. The summed E-state index contributed by atoms with van der Waals surface area (Å²) in [6.45, 7) is 6.33. The van der Waals surface area contributed by atoms with Crippen molar-refractivity contribution in [1.29, 1.82) is 0 Å². The molecule has 0 saturated heterocycles. The van der Waals surface area contributed by atoms with E-state index < -0.39 is 38.1 Å². The minimum Gasteiger partial charge on any atom is -0.744 e. The summed E-state index contributed by atoms with van der Waals surface area (Å²) in [5, 5.41) is 1.95. The first-order valence-corrected chi connectivity index (χ1v) is 16.7. The predicted octanol–water partition coefficient (Wildman–Crippen LogP) is 2.14. The minimum absolute atomic E-state index is 0.0419. The third-order valence-corrected chi connectivity index (χ3v) is 12.5. The molecule has 0 aromatic heterocycles. The van der Waals surface area contributed by atoms with Crippen LogP contribution < -0.4 is 10.1 Å². The Hall–Kier alpha value is -3.09. The highest BCUT2D eigenvalue weighted by Crippen LogP contribution is 2.44. The van der Waals surface area contributed by atoms with Gasteiger partial charge in [-0.1, -0.05) is 24.4 Å². The summed E-state index contributed by atoms with van der Waals surface area (Å²) in [4.78, 5) is 0.428. The molecule has 4 rings (SSSR count). The van der Waals surface area contributed by atoms with E-state index in [2.05, 4.69) is 25.3 Å². The van der Waals surface area contributed by atoms with Crippen LogP contribution in [0.3, 0.4) is 0 Å². The van der Waals surface area contributed by atoms with Crippen molar-refractivity contribution in [3.8, 4) is 0 Å². The molecule has 11 heteroatoms. The normalized spacial score (nSPS) is 19.2. The third-order valence-electron chi connectivity index (χ3n) is 6.89. The molecule has 1 heterocycles. The molecule has 2 aromatic carbocycles. The van der Waals surface area contributed by atoms with E-state index in [1.165, 1.54) is 6.07 Å². The van der Waals surface area contributed by atoms with Gasteiger partial charge in [0.25, 0.3) is 0 Å². The Bertz CT molecular complexity index is 1700. The molecular formula is C26H27N2O6S2Si-. The summed E-state index contributed by atoms with van der Waals surface area (Å²) in [5.41, 5.74) is 5.83. The molecule has 0 fully saturated rings. The van der Waals surface area contributed by atoms with Gasteiger partial charge in [-0.15, -0.1) is 6.58 Å². The summed E-state index contributed by atoms with van der Waals surface area (Å²) in [6.07, 6.45) is 5.84. The van der Waals surface area contributed by atoms with Crippen LogP contribution in [0.2, 0.25) is 6.55 Å². The number of hydrogen-bond acceptors (Lipinski definition) is 7. The van der Waals surface area contributed by atoms with Crippen LogP contribution in [-0.4, -0.2) is 72.5 Å². The van der Waals surface area contributed by atoms with Crippen molar-refractivity contribution in [2.75, 3.05) is 33.1 Å². The van der Waals surface area contributed by atoms with E-state index >= 15 is 0 Å². The van der Waals surface area contributed by atoms with Gasteiger partial charge in [0.05, 0.1) is 9.79 Å². The Morgan fingerprint density at radius 3 is 2.14 bits per heavy atom. The van der Waals surface area contributed by atoms with Crippen molar-refractivity contribution in [2.24, 2.45) is 0 Å². The number of allylic oxidation sites excluding steroid dienone is 5. The maximum atomic E-state index is 12.4. The molecule has 2 aliphatic rings. The number of fused-ring (bicyclic) bond motifs is 2. The highest BCUT2D eigenvalue weighted by atomic mass is 32.2. The summed E-state index contributed by atoms with van der Waals surface area (Å²) in [5.74, 6) is 0. The van der Waals surface area contributed by atoms with E-state index in [-0.39, 0.29) is 5.56 Å². The SMILES string of the molecule is C=C[Si]1(C)C2=CC(=[N+](C)C)C=CC2=C(c2ccc(S(=O)(=O)[O-])cc2S(=O)(=O)[O-])c2ccc(N(C)C)cc21. The highest BCUT2D eigenvalue weighted by molar-refractivity contribution is 7.86. The Morgan fingerprint density at radius 2 is 1.59 bits per heavy atom. The number of rotatable bonds is 5. The number of nitrogens with zero attached hydrogens (tertiary/aromatic N) is 2. The molecule has 1 atom stereocenters. The van der Waals surface area contributed by atoms with Crippen molar-refractivity contribution < 1.29 is 30.5 Å². The zero-order chi connectivity index (χ0) is 27.5. The third kappa shape index (κ3) is 4.57. The van der Waals surface area contributed by atoms with Gasteiger partial charge in [-0.25, -0.2) is 21.4 Å². The first-order valence-electron chi connectivity index (χ1n) is 11.3. The molecule has 0 spiro atoms. The number of hydrogen-bond donors (Lipinski definition) is 0. The fourth-order valence-corrected chi connectivity index (χ4v) is 9.23. The van der Waals surface area contributed by atoms with Gasteiger partial charge >= 0.3 is 0 Å². The van der Waals surface area contributed by atoms with Crippen LogP contribution in [0.1, 0.15) is 11.1 Å². The van der Waals surface area contributed by atoms with Gasteiger partial charge in [0.2, 0.25) is 0 Å². The maximum Gasteiger partial charge on any atom is 0.199 e. The fraction of sp³-hybridized carbons (Fsp3) is 0.192. The van der Waals surface area contributed by atoms with Gasteiger partial charge in [0, 0.05) is 37.5 Å². The zero-order valence-corrected chi connectivity index (χ0v) is 23.8. The van der Waals surface area contributed by atoms with E-state index in [9.17, 15) is 25.9 Å². The highest BCUT2D eigenvalue weighted by Gasteiger charge is 2.42. The first-order chi connectivity index (χ1) is 17.1. The molecule has 194 valence electrons. The van der Waals surface area contributed by atoms with Crippen LogP contribution in [0.5, 0.6) is 0 Å². The second-order valence-electron chi connectivity index (χ2n) is 9.60. The van der Waals surface area contributed by atoms with Gasteiger partial charge in [0.15, 0.2) is 5.71 Å². The van der Waals surface area contributed by atoms with E-state index in [1.54, 1.807) is 0 Å². The topological polar surface area (TPSA) is 121 Å². The van der Waals surface area contributed by atoms with Crippen molar-refractivity contribution in [2.45, 2.75) is 16.3 Å². The van der Waals surface area contributed by atoms with Crippen molar-refractivity contribution in [3.63, 3.8) is 0 Å². The van der Waals surface area contributed by atoms with E-state index in [4.69, 9.17) is 0 Å². The largest absolute Gasteiger partial charge is 0.744 e. The van der Waals surface area contributed by atoms with E-state index in [0.717, 1.165) is 39.0 Å².